The number of hydrogen-bond donors (Lipinski definition) is 4. The molecule has 44 heavy (non-hydrogen) atoms. The molecule has 4 atom stereocenters. The van der Waals surface area contributed by atoms with Gasteiger partial charge in [0.05, 0.1) is 24.4 Å². The van der Waals surface area contributed by atoms with Gasteiger partial charge >= 0.3 is 12.4 Å². The van der Waals surface area contributed by atoms with Crippen LogP contribution in [-0.2, 0) is 4.74 Å². The van der Waals surface area contributed by atoms with Crippen molar-refractivity contribution in [3.8, 4) is 0 Å². The number of aliphatic hydroxyl groups excluding tert-OH is 2. The van der Waals surface area contributed by atoms with Crippen LogP contribution in [0.3, 0.4) is 0 Å². The fourth-order valence-electron chi connectivity index (χ4n) is 5.63. The number of nitrogens with two attached hydrogens (primary N) is 1. The molecule has 0 radical (unpaired) electrons. The van der Waals surface area contributed by atoms with Crippen molar-refractivity contribution in [1.29, 1.82) is 0 Å². The normalized spacial score (nSPS) is 22.7. The van der Waals surface area contributed by atoms with Crippen molar-refractivity contribution in [2.45, 2.75) is 136 Å². The van der Waals surface area contributed by atoms with Gasteiger partial charge in [-0.1, -0.05) is 61.1 Å². The molecule has 254 valence electrons. The maximum Gasteiger partial charge on any atom is 0.423 e. The van der Waals surface area contributed by atoms with Crippen molar-refractivity contribution in [3.05, 3.63) is 57.6 Å². The largest absolute Gasteiger partial charge is 0.423 e. The van der Waals surface area contributed by atoms with E-state index in [1.165, 1.54) is 71.2 Å². The van der Waals surface area contributed by atoms with Crippen LogP contribution < -0.4 is 11.1 Å². The minimum Gasteiger partial charge on any atom is -0.398 e. The molecule has 5 rings (SSSR count). The lowest BCUT2D eigenvalue weighted by molar-refractivity contribution is -0.308. The first kappa shape index (κ1) is 37.7. The molecule has 3 aliphatic rings. The number of aryl methyl sites for hydroxylation is 6. The number of aliphatic hydroxyl groups is 2. The second-order valence-corrected chi connectivity index (χ2v) is 12.2. The predicted molar refractivity (Wildman–Crippen MR) is 167 cm³/mol. The number of ether oxygens (including phenoxy) is 1. The third-order valence-corrected chi connectivity index (χ3v) is 8.01. The summed E-state index contributed by atoms with van der Waals surface area (Å²) in [4.78, 5) is 0. The summed E-state index contributed by atoms with van der Waals surface area (Å²) in [6.07, 6.45) is -4.40. The number of nitrogen functional groups attached to an aromatic ring is 1. The zero-order chi connectivity index (χ0) is 33.4. The molecular weight excluding hydrogens is 586 g/mol. The number of anilines is 2. The number of rotatable bonds is 2. The summed E-state index contributed by atoms with van der Waals surface area (Å²) < 4.78 is 71.1. The lowest BCUT2D eigenvalue weighted by Crippen LogP contribution is -2.41. The van der Waals surface area contributed by atoms with Crippen LogP contribution in [0.2, 0.25) is 0 Å². The average molecular weight is 639 g/mol. The van der Waals surface area contributed by atoms with Crippen molar-refractivity contribution in [2.75, 3.05) is 11.1 Å². The Morgan fingerprint density at radius 2 is 1.11 bits per heavy atom. The molecule has 0 bridgehead atoms. The van der Waals surface area contributed by atoms with Crippen molar-refractivity contribution < 1.29 is 44.1 Å². The smallest absolute Gasteiger partial charge is 0.398 e. The zero-order valence-electron chi connectivity index (χ0n) is 26.5. The van der Waals surface area contributed by atoms with E-state index < -0.39 is 18.5 Å². The molecule has 2 saturated carbocycles. The summed E-state index contributed by atoms with van der Waals surface area (Å²) in [6, 6.07) is 8.82. The molecule has 2 aromatic carbocycles. The van der Waals surface area contributed by atoms with Crippen LogP contribution in [0.5, 0.6) is 0 Å². The summed E-state index contributed by atoms with van der Waals surface area (Å²) in [7, 11) is 0. The first-order chi connectivity index (χ1) is 20.3. The van der Waals surface area contributed by atoms with Crippen LogP contribution in [0.1, 0.15) is 87.6 Å². The van der Waals surface area contributed by atoms with E-state index in [2.05, 4.69) is 57.3 Å². The van der Waals surface area contributed by atoms with Crippen molar-refractivity contribution in [2.24, 2.45) is 0 Å². The van der Waals surface area contributed by atoms with Gasteiger partial charge in [-0.25, -0.2) is 0 Å². The van der Waals surface area contributed by atoms with Crippen LogP contribution in [0.25, 0.3) is 0 Å². The number of nitrogens with one attached hydrogen (secondary N) is 1. The van der Waals surface area contributed by atoms with Crippen LogP contribution in [0, 0.1) is 41.5 Å². The lowest BCUT2D eigenvalue weighted by atomic mass is 9.91. The van der Waals surface area contributed by atoms with Crippen molar-refractivity contribution in [3.63, 3.8) is 0 Å². The molecule has 1 aliphatic heterocycles. The van der Waals surface area contributed by atoms with E-state index in [1.807, 2.05) is 13.8 Å². The second kappa shape index (κ2) is 16.2. The Hall–Kier alpha value is -2.50. The van der Waals surface area contributed by atoms with Crippen LogP contribution >= 0.6 is 0 Å². The van der Waals surface area contributed by atoms with Crippen LogP contribution in [-0.4, -0.2) is 53.0 Å². The van der Waals surface area contributed by atoms with Gasteiger partial charge in [0, 0.05) is 14.2 Å². The Kier molecular flexibility index (Phi) is 13.9. The van der Waals surface area contributed by atoms with Gasteiger partial charge in [0.2, 0.25) is 6.10 Å². The van der Waals surface area contributed by atoms with E-state index in [-0.39, 0.29) is 15.0 Å². The fourth-order valence-corrected chi connectivity index (χ4v) is 5.63. The van der Waals surface area contributed by atoms with E-state index in [4.69, 9.17) is 15.6 Å². The number of alkyl halides is 6. The van der Waals surface area contributed by atoms with E-state index >= 15 is 0 Å². The van der Waals surface area contributed by atoms with Gasteiger partial charge in [-0.3, -0.25) is 0 Å². The summed E-state index contributed by atoms with van der Waals surface area (Å²) in [5.41, 5.74) is 15.4. The van der Waals surface area contributed by atoms with Crippen LogP contribution in [0.15, 0.2) is 24.3 Å². The molecule has 2 unspecified atom stereocenters. The monoisotopic (exact) mass is 638 g/mol. The third-order valence-electron chi connectivity index (χ3n) is 8.01. The Bertz CT molecular complexity index is 1140. The predicted octanol–water partition coefficient (Wildman–Crippen LogP) is 8.81. The minimum absolute atomic E-state index is 0. The topological polar surface area (TPSA) is 91.0 Å². The summed E-state index contributed by atoms with van der Waals surface area (Å²) in [5, 5.41) is 21.0. The highest BCUT2D eigenvalue weighted by Crippen LogP contribution is 2.36. The number of epoxide rings is 1. The Morgan fingerprint density at radius 3 is 1.48 bits per heavy atom. The molecule has 5 N–H and O–H groups in total. The number of hydrogen-bond acceptors (Lipinski definition) is 5. The van der Waals surface area contributed by atoms with Gasteiger partial charge in [0.25, 0.3) is 0 Å². The Labute approximate surface area is 260 Å². The van der Waals surface area contributed by atoms with Gasteiger partial charge in [-0.15, -0.1) is 0 Å². The van der Waals surface area contributed by atoms with Gasteiger partial charge in [0.1, 0.15) is 0 Å². The lowest BCUT2D eigenvalue weighted by Gasteiger charge is -2.30. The molecule has 11 heteroatoms. The number of benzene rings is 2. The maximum atomic E-state index is 11.0. The molecule has 3 fully saturated rings. The second-order valence-electron chi connectivity index (χ2n) is 12.2. The molecule has 0 spiro atoms. The quantitative estimate of drug-likeness (QED) is 0.150. The van der Waals surface area contributed by atoms with Gasteiger partial charge in [-0.2, -0.15) is 26.3 Å². The SMILES string of the molecule is C1CCC2OC2C1.Cc1cc(C)c(N)c(C)c1.Cc1cc(C)c(N[C@H]2CCCC[C@@H]2O)c(C)c1.OC(C(F)(F)F)C(F)(F)F.[HH].[HH]. The average Bonchev–Trinajstić information content (AvgIpc) is 3.70. The third kappa shape index (κ3) is 12.1. The van der Waals surface area contributed by atoms with E-state index in [1.54, 1.807) is 0 Å². The van der Waals surface area contributed by atoms with E-state index in [9.17, 15) is 31.4 Å². The van der Waals surface area contributed by atoms with E-state index in [0.29, 0.717) is 12.2 Å². The molecule has 0 amide bonds. The van der Waals surface area contributed by atoms with Crippen molar-refractivity contribution >= 4 is 11.4 Å². The molecule has 0 aromatic heterocycles. The van der Waals surface area contributed by atoms with Gasteiger partial charge in [-0.05, 0) is 89.5 Å². The zero-order valence-corrected chi connectivity index (χ0v) is 26.5. The fraction of sp³-hybridized carbons (Fsp3) is 0.636. The summed E-state index contributed by atoms with van der Waals surface area (Å²) in [6.45, 7) is 12.6. The molecule has 1 saturated heterocycles. The standard InChI is InChI=1S/C15H23NO.C9H13N.C6H10O.C3H2F6O.2H2/c1-10-8-11(2)15(12(3)9-10)16-13-6-4-5-7-14(13)17;1-6-4-7(2)9(10)8(3)5-6;1-2-4-6-5(3-1)7-6;4-2(5,6)1(10)3(7,8)9;;/h8-9,13-14,16-17H,4-7H2,1-3H3;4-5H,10H2,1-3H3;5-6H,1-4H2;1,10H;2*1H/t13-,14-;;;;;/m0...../s1. The molecule has 2 aliphatic carbocycles. The highest BCUT2D eigenvalue weighted by Gasteiger charge is 2.55. The van der Waals surface area contributed by atoms with Crippen molar-refractivity contribution in [1.82, 2.24) is 0 Å². The number of fused-ring (bicyclic) bond motifs is 1. The molecule has 2 aromatic rings. The number of halogens is 6. The maximum absolute atomic E-state index is 11.0. The van der Waals surface area contributed by atoms with E-state index in [0.717, 1.165) is 24.9 Å². The first-order valence-corrected chi connectivity index (χ1v) is 15.1. The Morgan fingerprint density at radius 1 is 0.727 bits per heavy atom. The molecule has 1 heterocycles. The molecular formula is C33H52F6N2O3. The summed E-state index contributed by atoms with van der Waals surface area (Å²) in [5.74, 6) is 0. The first-order valence-electron chi connectivity index (χ1n) is 15.1. The van der Waals surface area contributed by atoms with Crippen LogP contribution in [0.4, 0.5) is 37.7 Å². The van der Waals surface area contributed by atoms with Gasteiger partial charge < -0.3 is 26.0 Å². The minimum atomic E-state index is -5.63. The Balaban J connectivity index is 0.000000609. The van der Waals surface area contributed by atoms with Gasteiger partial charge in [0.15, 0.2) is 0 Å². The summed E-state index contributed by atoms with van der Waals surface area (Å²) >= 11 is 0. The highest BCUT2D eigenvalue weighted by molar-refractivity contribution is 5.59. The molecule has 5 nitrogen and oxygen atoms in total. The highest BCUT2D eigenvalue weighted by atomic mass is 19.4.